The minimum atomic E-state index is -0.707. The highest BCUT2D eigenvalue weighted by molar-refractivity contribution is 7.99. The van der Waals surface area contributed by atoms with E-state index in [-0.39, 0.29) is 36.4 Å². The van der Waals surface area contributed by atoms with E-state index in [4.69, 9.17) is 9.47 Å². The summed E-state index contributed by atoms with van der Waals surface area (Å²) in [5, 5.41) is 35.0. The van der Waals surface area contributed by atoms with Gasteiger partial charge in [-0.1, -0.05) is 73.3 Å². The molecule has 1 saturated heterocycles. The van der Waals surface area contributed by atoms with Gasteiger partial charge in [0.25, 0.3) is 5.91 Å². The number of hydrogen-bond donors (Lipinski definition) is 3. The van der Waals surface area contributed by atoms with Gasteiger partial charge in [-0.2, -0.15) is 4.68 Å². The Balaban J connectivity index is 1.24. The van der Waals surface area contributed by atoms with Crippen LogP contribution in [-0.2, 0) is 16.1 Å². The third-order valence-electron chi connectivity index (χ3n) is 7.49. The lowest BCUT2D eigenvalue weighted by Gasteiger charge is -2.41. The van der Waals surface area contributed by atoms with Crippen molar-refractivity contribution in [3.8, 4) is 11.4 Å². The quantitative estimate of drug-likeness (QED) is 0.180. The molecule has 0 bridgehead atoms. The predicted octanol–water partition coefficient (Wildman–Crippen LogP) is 5.70. The lowest BCUT2D eigenvalue weighted by atomic mass is 9.91. The maximum absolute atomic E-state index is 12.8. The zero-order valence-electron chi connectivity index (χ0n) is 23.9. The molecule has 1 aliphatic heterocycles. The van der Waals surface area contributed by atoms with Crippen molar-refractivity contribution in [1.82, 2.24) is 20.2 Å². The molecule has 0 spiro atoms. The van der Waals surface area contributed by atoms with Gasteiger partial charge in [0.1, 0.15) is 5.75 Å². The molecule has 10 nitrogen and oxygen atoms in total. The first-order chi connectivity index (χ1) is 21.5. The van der Waals surface area contributed by atoms with Gasteiger partial charge in [0, 0.05) is 28.5 Å². The Hall–Kier alpha value is -4.55. The number of phenolic OH excluding ortho intramolecular Hbond substituents is 1. The number of nitrogens with one attached hydrogen (secondary N) is 1. The summed E-state index contributed by atoms with van der Waals surface area (Å²) < 4.78 is 14.8. The van der Waals surface area contributed by atoms with E-state index in [2.05, 4.69) is 27.8 Å². The molecule has 1 fully saturated rings. The smallest absolute Gasteiger partial charge is 0.255 e. The van der Waals surface area contributed by atoms with E-state index in [0.29, 0.717) is 22.2 Å². The number of aliphatic hydroxyl groups is 1. The van der Waals surface area contributed by atoms with Crippen LogP contribution in [0.1, 0.15) is 46.4 Å². The first-order valence-electron chi connectivity index (χ1n) is 14.2. The number of amides is 1. The minimum Gasteiger partial charge on any atom is -0.508 e. The van der Waals surface area contributed by atoms with Crippen LogP contribution < -0.4 is 5.32 Å². The van der Waals surface area contributed by atoms with E-state index in [1.54, 1.807) is 41.1 Å². The van der Waals surface area contributed by atoms with Crippen LogP contribution in [0.25, 0.3) is 5.69 Å². The number of nitrogens with zero attached hydrogens (tertiary/aromatic N) is 4. The summed E-state index contributed by atoms with van der Waals surface area (Å²) in [6.07, 6.45) is -1.27. The number of rotatable bonds is 9. The number of benzene rings is 4. The van der Waals surface area contributed by atoms with E-state index in [1.807, 2.05) is 66.7 Å². The number of phenols is 1. The lowest BCUT2D eigenvalue weighted by Crippen LogP contribution is -2.38. The topological polar surface area (TPSA) is 132 Å². The SMILES string of the molecule is C[C@H]1[C@@H](CSc2nnnn2-c2ccc(O)cc2)O[C@@H](c2cccc(NC(=O)c3ccccc3)c2)O[C@H]1c1ccc(CO)cc1. The highest BCUT2D eigenvalue weighted by Gasteiger charge is 2.38. The fourth-order valence-corrected chi connectivity index (χ4v) is 6.10. The van der Waals surface area contributed by atoms with E-state index in [1.165, 1.54) is 11.8 Å². The van der Waals surface area contributed by atoms with E-state index >= 15 is 0 Å². The average molecular weight is 610 g/mol. The summed E-state index contributed by atoms with van der Waals surface area (Å²) in [5.41, 5.74) is 4.48. The van der Waals surface area contributed by atoms with Crippen molar-refractivity contribution in [3.63, 3.8) is 0 Å². The molecule has 11 heteroatoms. The first-order valence-corrected chi connectivity index (χ1v) is 15.1. The summed E-state index contributed by atoms with van der Waals surface area (Å²) in [6, 6.07) is 30.9. The minimum absolute atomic E-state index is 0.0381. The molecule has 0 unspecified atom stereocenters. The van der Waals surface area contributed by atoms with Crippen molar-refractivity contribution >= 4 is 23.4 Å². The van der Waals surface area contributed by atoms with Crippen molar-refractivity contribution in [3.05, 3.63) is 125 Å². The molecule has 3 N–H and O–H groups in total. The molecular weight excluding hydrogens is 578 g/mol. The molecule has 6 rings (SSSR count). The van der Waals surface area contributed by atoms with Crippen LogP contribution in [0, 0.1) is 5.92 Å². The van der Waals surface area contributed by atoms with Gasteiger partial charge in [-0.3, -0.25) is 4.79 Å². The van der Waals surface area contributed by atoms with Gasteiger partial charge >= 0.3 is 0 Å². The number of hydrogen-bond acceptors (Lipinski definition) is 9. The molecule has 0 radical (unpaired) electrons. The summed E-state index contributed by atoms with van der Waals surface area (Å²) in [7, 11) is 0. The van der Waals surface area contributed by atoms with Crippen LogP contribution in [0.15, 0.2) is 108 Å². The molecule has 4 aromatic carbocycles. The van der Waals surface area contributed by atoms with Crippen molar-refractivity contribution in [1.29, 1.82) is 0 Å². The first kappa shape index (κ1) is 29.5. The standard InChI is InChI=1S/C33H31N5O5S/c1-21-29(20-44-33-35-36-37-38(33)27-14-16-28(40)17-15-27)42-32(43-30(21)23-12-10-22(19-39)11-13-23)25-8-5-9-26(18-25)34-31(41)24-6-3-2-4-7-24/h2-18,21,29-30,32,39-40H,19-20H2,1H3,(H,34,41)/t21-,29+,30+,32+/m0/s1. The fourth-order valence-electron chi connectivity index (χ4n) is 5.05. The van der Waals surface area contributed by atoms with Crippen LogP contribution >= 0.6 is 11.8 Å². The number of carbonyl (C=O) groups is 1. The van der Waals surface area contributed by atoms with Crippen LogP contribution in [0.3, 0.4) is 0 Å². The molecule has 5 aromatic rings. The lowest BCUT2D eigenvalue weighted by molar-refractivity contribution is -0.268. The number of aromatic hydroxyl groups is 1. The Morgan fingerprint density at radius 3 is 2.45 bits per heavy atom. The van der Waals surface area contributed by atoms with Gasteiger partial charge in [-0.25, -0.2) is 0 Å². The van der Waals surface area contributed by atoms with Crippen molar-refractivity contribution in [2.24, 2.45) is 5.92 Å². The van der Waals surface area contributed by atoms with E-state index in [9.17, 15) is 15.0 Å². The second-order valence-corrected chi connectivity index (χ2v) is 11.5. The molecule has 0 aliphatic carbocycles. The van der Waals surface area contributed by atoms with Crippen molar-refractivity contribution in [2.75, 3.05) is 11.1 Å². The van der Waals surface area contributed by atoms with Crippen LogP contribution in [0.2, 0.25) is 0 Å². The Morgan fingerprint density at radius 2 is 1.70 bits per heavy atom. The van der Waals surface area contributed by atoms with E-state index in [0.717, 1.165) is 22.4 Å². The van der Waals surface area contributed by atoms with Gasteiger partial charge in [0.05, 0.1) is 24.5 Å². The molecule has 44 heavy (non-hydrogen) atoms. The summed E-state index contributed by atoms with van der Waals surface area (Å²) in [5.74, 6) is 0.449. The van der Waals surface area contributed by atoms with Crippen molar-refractivity contribution < 1.29 is 24.5 Å². The normalized spacial score (nSPS) is 19.9. The zero-order valence-corrected chi connectivity index (χ0v) is 24.7. The molecule has 1 amide bonds. The van der Waals surface area contributed by atoms with Crippen LogP contribution in [0.4, 0.5) is 5.69 Å². The third-order valence-corrected chi connectivity index (χ3v) is 8.50. The monoisotopic (exact) mass is 609 g/mol. The number of ether oxygens (including phenoxy) is 2. The van der Waals surface area contributed by atoms with Gasteiger partial charge in [0.2, 0.25) is 5.16 Å². The maximum atomic E-state index is 12.8. The summed E-state index contributed by atoms with van der Waals surface area (Å²) in [6.45, 7) is 2.05. The summed E-state index contributed by atoms with van der Waals surface area (Å²) in [4.78, 5) is 12.8. The molecule has 0 saturated carbocycles. The number of anilines is 1. The highest BCUT2D eigenvalue weighted by Crippen LogP contribution is 2.43. The summed E-state index contributed by atoms with van der Waals surface area (Å²) >= 11 is 1.47. The predicted molar refractivity (Wildman–Crippen MR) is 165 cm³/mol. The average Bonchev–Trinajstić information content (AvgIpc) is 3.54. The third kappa shape index (κ3) is 6.66. The largest absolute Gasteiger partial charge is 0.508 e. The maximum Gasteiger partial charge on any atom is 0.255 e. The Kier molecular flexibility index (Phi) is 8.99. The molecule has 224 valence electrons. The highest BCUT2D eigenvalue weighted by atomic mass is 32.2. The van der Waals surface area contributed by atoms with Gasteiger partial charge < -0.3 is 25.0 Å². The molecular formula is C33H31N5O5S. The van der Waals surface area contributed by atoms with E-state index < -0.39 is 6.29 Å². The number of carbonyl (C=O) groups excluding carboxylic acids is 1. The van der Waals surface area contributed by atoms with Crippen molar-refractivity contribution in [2.45, 2.75) is 37.2 Å². The second-order valence-electron chi connectivity index (χ2n) is 10.5. The Labute approximate surface area is 258 Å². The number of tetrazole rings is 1. The molecule has 4 atom stereocenters. The molecule has 2 heterocycles. The fraction of sp³-hybridized carbons (Fsp3) is 0.212. The number of aliphatic hydroxyl groups excluding tert-OH is 1. The molecule has 1 aromatic heterocycles. The number of aromatic nitrogens is 4. The Morgan fingerprint density at radius 1 is 0.932 bits per heavy atom. The second kappa shape index (κ2) is 13.4. The Bertz CT molecular complexity index is 1700. The van der Waals surface area contributed by atoms with Gasteiger partial charge in [-0.05, 0) is 70.1 Å². The van der Waals surface area contributed by atoms with Gasteiger partial charge in [-0.15, -0.1) is 5.10 Å². The van der Waals surface area contributed by atoms with Crippen LogP contribution in [-0.4, -0.2) is 48.2 Å². The van der Waals surface area contributed by atoms with Crippen LogP contribution in [0.5, 0.6) is 5.75 Å². The molecule has 1 aliphatic rings. The number of thioether (sulfide) groups is 1. The zero-order chi connectivity index (χ0) is 30.5. The van der Waals surface area contributed by atoms with Gasteiger partial charge in [0.15, 0.2) is 6.29 Å².